The predicted octanol–water partition coefficient (Wildman–Crippen LogP) is 3.09. The van der Waals surface area contributed by atoms with Crippen molar-refractivity contribution in [1.82, 2.24) is 5.32 Å². The summed E-state index contributed by atoms with van der Waals surface area (Å²) in [6, 6.07) is 5.66. The molecule has 15 heavy (non-hydrogen) atoms. The van der Waals surface area contributed by atoms with Crippen molar-refractivity contribution in [2.24, 2.45) is 4.99 Å². The Kier molecular flexibility index (Phi) is 3.78. The van der Waals surface area contributed by atoms with Crippen LogP contribution < -0.4 is 5.32 Å². The van der Waals surface area contributed by atoms with Gasteiger partial charge in [0, 0.05) is 11.4 Å². The van der Waals surface area contributed by atoms with Crippen molar-refractivity contribution < 1.29 is 0 Å². The summed E-state index contributed by atoms with van der Waals surface area (Å²) in [4.78, 5) is 5.43. The van der Waals surface area contributed by atoms with Crippen LogP contribution >= 0.6 is 35.0 Å². The van der Waals surface area contributed by atoms with Gasteiger partial charge in [0.1, 0.15) is 5.84 Å². The fourth-order valence-corrected chi connectivity index (χ4v) is 2.49. The normalized spacial score (nSPS) is 14.9. The number of nitrogens with zero attached hydrogens (tertiary/aromatic N) is 1. The summed E-state index contributed by atoms with van der Waals surface area (Å²) in [5, 5.41) is 4.42. The van der Waals surface area contributed by atoms with Crippen LogP contribution in [0.3, 0.4) is 0 Å². The molecule has 0 atom stereocenters. The SMILES string of the molecule is Clc1ccc(SCC2=NCCN2)cc1Cl. The molecule has 1 aromatic rings. The molecule has 1 aliphatic rings. The molecule has 1 aliphatic heterocycles. The van der Waals surface area contributed by atoms with Gasteiger partial charge in [-0.05, 0) is 18.2 Å². The lowest BCUT2D eigenvalue weighted by molar-refractivity contribution is 0.959. The van der Waals surface area contributed by atoms with Gasteiger partial charge in [0.2, 0.25) is 0 Å². The first kappa shape index (κ1) is 11.1. The second kappa shape index (κ2) is 5.10. The third-order valence-electron chi connectivity index (χ3n) is 2.01. The quantitative estimate of drug-likeness (QED) is 0.845. The summed E-state index contributed by atoms with van der Waals surface area (Å²) in [5.74, 6) is 1.92. The Hall–Kier alpha value is -0.380. The molecule has 80 valence electrons. The number of aliphatic imine (C=N–C) groups is 1. The Bertz CT molecular complexity index is 393. The predicted molar refractivity (Wildman–Crippen MR) is 67.5 cm³/mol. The highest BCUT2D eigenvalue weighted by atomic mass is 35.5. The molecular weight excluding hydrogens is 251 g/mol. The molecule has 0 saturated carbocycles. The number of hydrogen-bond donors (Lipinski definition) is 1. The average Bonchev–Trinajstić information content (AvgIpc) is 2.73. The third kappa shape index (κ3) is 3.03. The molecule has 0 aromatic heterocycles. The summed E-state index contributed by atoms with van der Waals surface area (Å²) in [7, 11) is 0. The van der Waals surface area contributed by atoms with Gasteiger partial charge < -0.3 is 5.32 Å². The van der Waals surface area contributed by atoms with Crippen molar-refractivity contribution in [1.29, 1.82) is 0 Å². The molecule has 0 saturated heterocycles. The molecular formula is C10H10Cl2N2S. The van der Waals surface area contributed by atoms with Crippen LogP contribution in [0, 0.1) is 0 Å². The van der Waals surface area contributed by atoms with Gasteiger partial charge in [-0.2, -0.15) is 0 Å². The van der Waals surface area contributed by atoms with E-state index in [1.165, 1.54) is 0 Å². The molecule has 0 radical (unpaired) electrons. The van der Waals surface area contributed by atoms with Crippen LogP contribution in [0.25, 0.3) is 0 Å². The fraction of sp³-hybridized carbons (Fsp3) is 0.300. The van der Waals surface area contributed by atoms with E-state index in [1.54, 1.807) is 11.8 Å². The molecule has 0 amide bonds. The van der Waals surface area contributed by atoms with E-state index < -0.39 is 0 Å². The molecule has 5 heteroatoms. The number of thioether (sulfide) groups is 1. The summed E-state index contributed by atoms with van der Waals surface area (Å²) >= 11 is 13.5. The third-order valence-corrected chi connectivity index (χ3v) is 3.75. The van der Waals surface area contributed by atoms with E-state index in [0.29, 0.717) is 10.0 Å². The van der Waals surface area contributed by atoms with E-state index in [0.717, 1.165) is 29.6 Å². The Morgan fingerprint density at radius 1 is 1.33 bits per heavy atom. The van der Waals surface area contributed by atoms with Crippen LogP contribution in [0.1, 0.15) is 0 Å². The molecule has 1 N–H and O–H groups in total. The Labute approximate surface area is 103 Å². The number of hydrogen-bond acceptors (Lipinski definition) is 3. The van der Waals surface area contributed by atoms with Crippen molar-refractivity contribution in [3.63, 3.8) is 0 Å². The topological polar surface area (TPSA) is 24.4 Å². The minimum Gasteiger partial charge on any atom is -0.371 e. The highest BCUT2D eigenvalue weighted by Gasteiger charge is 2.06. The molecule has 0 aliphatic carbocycles. The molecule has 0 fully saturated rings. The van der Waals surface area contributed by atoms with Crippen LogP contribution in [0.2, 0.25) is 10.0 Å². The standard InChI is InChI=1S/C10H10Cl2N2S/c11-8-2-1-7(5-9(8)12)15-6-10-13-3-4-14-10/h1-2,5H,3-4,6H2,(H,13,14). The van der Waals surface area contributed by atoms with Crippen LogP contribution in [0.15, 0.2) is 28.1 Å². The van der Waals surface area contributed by atoms with Crippen molar-refractivity contribution in [2.45, 2.75) is 4.90 Å². The summed E-state index contributed by atoms with van der Waals surface area (Å²) in [6.07, 6.45) is 0. The van der Waals surface area contributed by atoms with Crippen molar-refractivity contribution >= 4 is 40.8 Å². The van der Waals surface area contributed by atoms with Crippen molar-refractivity contribution in [2.75, 3.05) is 18.8 Å². The lowest BCUT2D eigenvalue weighted by atomic mass is 10.4. The average molecular weight is 261 g/mol. The second-order valence-electron chi connectivity index (χ2n) is 3.12. The van der Waals surface area contributed by atoms with Crippen molar-refractivity contribution in [3.05, 3.63) is 28.2 Å². The van der Waals surface area contributed by atoms with E-state index in [9.17, 15) is 0 Å². The zero-order chi connectivity index (χ0) is 10.7. The van der Waals surface area contributed by atoms with Gasteiger partial charge in [-0.1, -0.05) is 23.2 Å². The van der Waals surface area contributed by atoms with Crippen molar-refractivity contribution in [3.8, 4) is 0 Å². The Morgan fingerprint density at radius 3 is 2.87 bits per heavy atom. The summed E-state index contributed by atoms with van der Waals surface area (Å²) < 4.78 is 0. The highest BCUT2D eigenvalue weighted by molar-refractivity contribution is 8.00. The molecule has 0 spiro atoms. The molecule has 1 aromatic carbocycles. The van der Waals surface area contributed by atoms with Crippen LogP contribution in [-0.2, 0) is 0 Å². The van der Waals surface area contributed by atoms with E-state index in [1.807, 2.05) is 18.2 Å². The second-order valence-corrected chi connectivity index (χ2v) is 4.98. The van der Waals surface area contributed by atoms with Gasteiger partial charge in [0.15, 0.2) is 0 Å². The minimum absolute atomic E-state index is 0.595. The smallest absolute Gasteiger partial charge is 0.107 e. The lowest BCUT2D eigenvalue weighted by Crippen LogP contribution is -2.20. The Balaban J connectivity index is 1.96. The monoisotopic (exact) mass is 260 g/mol. The fourth-order valence-electron chi connectivity index (χ4n) is 1.26. The lowest BCUT2D eigenvalue weighted by Gasteiger charge is -2.03. The number of amidine groups is 1. The summed E-state index contributed by atoms with van der Waals surface area (Å²) in [5.41, 5.74) is 0. The van der Waals surface area contributed by atoms with Crippen LogP contribution in [0.4, 0.5) is 0 Å². The van der Waals surface area contributed by atoms with E-state index in [2.05, 4.69) is 10.3 Å². The minimum atomic E-state index is 0.595. The first-order valence-electron chi connectivity index (χ1n) is 4.61. The highest BCUT2D eigenvalue weighted by Crippen LogP contribution is 2.27. The molecule has 1 heterocycles. The van der Waals surface area contributed by atoms with E-state index in [-0.39, 0.29) is 0 Å². The maximum Gasteiger partial charge on any atom is 0.107 e. The van der Waals surface area contributed by atoms with E-state index in [4.69, 9.17) is 23.2 Å². The van der Waals surface area contributed by atoms with Gasteiger partial charge in [-0.15, -0.1) is 11.8 Å². The zero-order valence-electron chi connectivity index (χ0n) is 7.96. The van der Waals surface area contributed by atoms with Gasteiger partial charge in [0.25, 0.3) is 0 Å². The van der Waals surface area contributed by atoms with E-state index >= 15 is 0 Å². The maximum atomic E-state index is 5.92. The first-order valence-corrected chi connectivity index (χ1v) is 6.35. The van der Waals surface area contributed by atoms with Crippen LogP contribution in [-0.4, -0.2) is 24.7 Å². The van der Waals surface area contributed by atoms with Crippen LogP contribution in [0.5, 0.6) is 0 Å². The molecule has 0 unspecified atom stereocenters. The number of rotatable bonds is 3. The number of nitrogens with one attached hydrogen (secondary N) is 1. The largest absolute Gasteiger partial charge is 0.371 e. The Morgan fingerprint density at radius 2 is 2.20 bits per heavy atom. The maximum absolute atomic E-state index is 5.92. The first-order chi connectivity index (χ1) is 7.25. The van der Waals surface area contributed by atoms with Gasteiger partial charge in [-0.3, -0.25) is 4.99 Å². The van der Waals surface area contributed by atoms with Gasteiger partial charge >= 0.3 is 0 Å². The van der Waals surface area contributed by atoms with Gasteiger partial charge in [-0.25, -0.2) is 0 Å². The summed E-state index contributed by atoms with van der Waals surface area (Å²) in [6.45, 7) is 1.84. The zero-order valence-corrected chi connectivity index (χ0v) is 10.3. The van der Waals surface area contributed by atoms with Gasteiger partial charge in [0.05, 0.1) is 22.3 Å². The molecule has 0 bridgehead atoms. The number of benzene rings is 1. The molecule has 2 nitrogen and oxygen atoms in total. The molecule has 2 rings (SSSR count). The number of halogens is 2.